The van der Waals surface area contributed by atoms with Crippen molar-refractivity contribution in [2.45, 2.75) is 0 Å². The van der Waals surface area contributed by atoms with Gasteiger partial charge in [-0.05, 0) is 11.6 Å². The van der Waals surface area contributed by atoms with Gasteiger partial charge in [-0.1, -0.05) is 68.3 Å². The van der Waals surface area contributed by atoms with E-state index in [4.69, 9.17) is 5.26 Å². The number of hydrogen-bond donors (Lipinski definition) is 0. The van der Waals surface area contributed by atoms with Gasteiger partial charge in [0.1, 0.15) is 0 Å². The largest absolute Gasteiger partial charge is 0.192 e. The molecule has 1 nitrogen and oxygen atoms in total. The van der Waals surface area contributed by atoms with Crippen LogP contribution < -0.4 is 0 Å². The Hall–Kier alpha value is -2.33. The highest BCUT2D eigenvalue weighted by molar-refractivity contribution is 5.45. The van der Waals surface area contributed by atoms with Gasteiger partial charge >= 0.3 is 0 Å². The monoisotopic (exact) mass is 209 g/mol. The second kappa shape index (κ2) is 9.23. The molecule has 16 heavy (non-hydrogen) atoms. The van der Waals surface area contributed by atoms with Crippen LogP contribution in [0.2, 0.25) is 0 Å². The fraction of sp³-hybridized carbons (Fsp3) is 0. The minimum atomic E-state index is 0.449. The van der Waals surface area contributed by atoms with Crippen LogP contribution in [0.3, 0.4) is 0 Å². The van der Waals surface area contributed by atoms with Crippen LogP contribution in [-0.2, 0) is 0 Å². The molecule has 0 aromatic heterocycles. The van der Waals surface area contributed by atoms with Crippen LogP contribution in [0.15, 0.2) is 73.9 Å². The third-order valence-electron chi connectivity index (χ3n) is 1.61. The van der Waals surface area contributed by atoms with Crippen LogP contribution in [0.4, 0.5) is 0 Å². The summed E-state index contributed by atoms with van der Waals surface area (Å²) in [6.45, 7) is 10.5. The Morgan fingerprint density at radius 3 is 2.19 bits per heavy atom. The Balaban J connectivity index is 0.000000281. The van der Waals surface area contributed by atoms with Crippen molar-refractivity contribution in [2.24, 2.45) is 0 Å². The van der Waals surface area contributed by atoms with E-state index in [1.54, 1.807) is 18.2 Å². The molecule has 0 N–H and O–H groups in total. The second-order valence-electron chi connectivity index (χ2n) is 2.85. The molecule has 0 amide bonds. The molecule has 0 spiro atoms. The quantitative estimate of drug-likeness (QED) is 0.542. The molecule has 0 heterocycles. The zero-order valence-corrected chi connectivity index (χ0v) is 9.26. The molecule has 0 bridgehead atoms. The van der Waals surface area contributed by atoms with E-state index in [0.717, 1.165) is 0 Å². The van der Waals surface area contributed by atoms with Crippen molar-refractivity contribution in [1.82, 2.24) is 0 Å². The van der Waals surface area contributed by atoms with Gasteiger partial charge in [-0.3, -0.25) is 0 Å². The Morgan fingerprint density at radius 1 is 1.19 bits per heavy atom. The zero-order chi connectivity index (χ0) is 12.2. The Labute approximate surface area is 97.4 Å². The molecule has 0 saturated heterocycles. The first kappa shape index (κ1) is 13.7. The summed E-state index contributed by atoms with van der Waals surface area (Å²) in [5.41, 5.74) is 1.62. The number of allylic oxidation sites excluding steroid dienone is 4. The summed E-state index contributed by atoms with van der Waals surface area (Å²) < 4.78 is 0. The van der Waals surface area contributed by atoms with E-state index < -0.39 is 0 Å². The van der Waals surface area contributed by atoms with E-state index in [1.807, 2.05) is 42.5 Å². The van der Waals surface area contributed by atoms with E-state index in [0.29, 0.717) is 5.57 Å². The van der Waals surface area contributed by atoms with Gasteiger partial charge in [0.05, 0.1) is 6.07 Å². The van der Waals surface area contributed by atoms with Crippen LogP contribution >= 0.6 is 0 Å². The summed E-state index contributed by atoms with van der Waals surface area (Å²) >= 11 is 0. The minimum absolute atomic E-state index is 0.449. The molecule has 0 fully saturated rings. The third-order valence-corrected chi connectivity index (χ3v) is 1.61. The molecule has 80 valence electrons. The van der Waals surface area contributed by atoms with Gasteiger partial charge < -0.3 is 0 Å². The Morgan fingerprint density at radius 2 is 1.81 bits per heavy atom. The first-order chi connectivity index (χ1) is 7.74. The number of nitrogens with zero attached hydrogens (tertiary/aromatic N) is 1. The third kappa shape index (κ3) is 7.11. The average Bonchev–Trinajstić information content (AvgIpc) is 2.37. The van der Waals surface area contributed by atoms with Crippen molar-refractivity contribution in [3.63, 3.8) is 0 Å². The highest BCUT2D eigenvalue weighted by Crippen LogP contribution is 1.97. The lowest BCUT2D eigenvalue weighted by atomic mass is 10.2. The fourth-order valence-electron chi connectivity index (χ4n) is 0.811. The maximum absolute atomic E-state index is 8.13. The molecule has 0 atom stereocenters. The van der Waals surface area contributed by atoms with Gasteiger partial charge in [0.2, 0.25) is 0 Å². The molecule has 1 aromatic rings. The van der Waals surface area contributed by atoms with E-state index in [2.05, 4.69) is 19.7 Å². The number of hydrogen-bond acceptors (Lipinski definition) is 1. The highest BCUT2D eigenvalue weighted by Gasteiger charge is 1.76. The van der Waals surface area contributed by atoms with Crippen molar-refractivity contribution in [3.05, 3.63) is 79.4 Å². The molecule has 1 rings (SSSR count). The molecule has 0 unspecified atom stereocenters. The summed E-state index contributed by atoms with van der Waals surface area (Å²) in [4.78, 5) is 0. The smallest absolute Gasteiger partial charge is 0.0985 e. The Kier molecular flexibility index (Phi) is 7.89. The van der Waals surface area contributed by atoms with Crippen molar-refractivity contribution in [1.29, 1.82) is 5.26 Å². The van der Waals surface area contributed by atoms with Crippen LogP contribution in [0.5, 0.6) is 0 Å². The first-order valence-corrected chi connectivity index (χ1v) is 4.80. The summed E-state index contributed by atoms with van der Waals surface area (Å²) in [5, 5.41) is 8.13. The van der Waals surface area contributed by atoms with Crippen LogP contribution in [-0.4, -0.2) is 0 Å². The standard InChI is InChI=1S/C8H8.C7H7N/c1-2-8-6-4-3-5-7-8;1-3-4-5-7(2)6-8/h2-7H,1H2;3-5H,1-2H2. The van der Waals surface area contributed by atoms with Crippen LogP contribution in [0.1, 0.15) is 5.56 Å². The Bertz CT molecular complexity index is 405. The normalized spacial score (nSPS) is 8.44. The molecular formula is C15H15N. The molecule has 0 aliphatic rings. The van der Waals surface area contributed by atoms with Crippen molar-refractivity contribution in [2.75, 3.05) is 0 Å². The summed E-state index contributed by atoms with van der Waals surface area (Å²) in [7, 11) is 0. The molecule has 1 aromatic carbocycles. The van der Waals surface area contributed by atoms with Crippen molar-refractivity contribution >= 4 is 6.08 Å². The van der Waals surface area contributed by atoms with E-state index in [9.17, 15) is 0 Å². The van der Waals surface area contributed by atoms with Gasteiger partial charge in [-0.25, -0.2) is 0 Å². The van der Waals surface area contributed by atoms with Crippen molar-refractivity contribution < 1.29 is 0 Å². The molecular weight excluding hydrogens is 194 g/mol. The number of rotatable bonds is 3. The van der Waals surface area contributed by atoms with E-state index in [1.165, 1.54) is 5.56 Å². The maximum Gasteiger partial charge on any atom is 0.0985 e. The minimum Gasteiger partial charge on any atom is -0.192 e. The SMILES string of the molecule is C=CC=CC(=C)C#N.C=Cc1ccccc1. The number of nitriles is 1. The van der Waals surface area contributed by atoms with Gasteiger partial charge in [0.25, 0.3) is 0 Å². The lowest BCUT2D eigenvalue weighted by Crippen LogP contribution is -1.63. The summed E-state index contributed by atoms with van der Waals surface area (Å²) in [6, 6.07) is 11.9. The maximum atomic E-state index is 8.13. The van der Waals surface area contributed by atoms with E-state index in [-0.39, 0.29) is 0 Å². The zero-order valence-electron chi connectivity index (χ0n) is 9.26. The number of benzene rings is 1. The molecule has 0 saturated carbocycles. The summed E-state index contributed by atoms with van der Waals surface area (Å²) in [5.74, 6) is 0. The topological polar surface area (TPSA) is 23.8 Å². The van der Waals surface area contributed by atoms with Crippen LogP contribution in [0.25, 0.3) is 6.08 Å². The highest BCUT2D eigenvalue weighted by atomic mass is 14.2. The average molecular weight is 209 g/mol. The van der Waals surface area contributed by atoms with Gasteiger partial charge in [0.15, 0.2) is 0 Å². The summed E-state index contributed by atoms with van der Waals surface area (Å²) in [6.07, 6.45) is 6.71. The van der Waals surface area contributed by atoms with Gasteiger partial charge in [0, 0.05) is 5.57 Å². The predicted octanol–water partition coefficient (Wildman–Crippen LogP) is 4.14. The molecule has 1 heteroatoms. The second-order valence-corrected chi connectivity index (χ2v) is 2.85. The van der Waals surface area contributed by atoms with Gasteiger partial charge in [-0.15, -0.1) is 0 Å². The van der Waals surface area contributed by atoms with Gasteiger partial charge in [-0.2, -0.15) is 5.26 Å². The first-order valence-electron chi connectivity index (χ1n) is 4.80. The van der Waals surface area contributed by atoms with Crippen LogP contribution in [0, 0.1) is 11.3 Å². The van der Waals surface area contributed by atoms with Crippen molar-refractivity contribution in [3.8, 4) is 6.07 Å². The fourth-order valence-corrected chi connectivity index (χ4v) is 0.811. The molecule has 0 aliphatic carbocycles. The molecule has 0 radical (unpaired) electrons. The van der Waals surface area contributed by atoms with E-state index >= 15 is 0 Å². The predicted molar refractivity (Wildman–Crippen MR) is 70.6 cm³/mol. The lowest BCUT2D eigenvalue weighted by molar-refractivity contribution is 1.51. The lowest BCUT2D eigenvalue weighted by Gasteiger charge is -1.85. The molecule has 0 aliphatic heterocycles.